The Balaban J connectivity index is 2.59. The second-order valence-electron chi connectivity index (χ2n) is 6.07. The van der Waals surface area contributed by atoms with E-state index >= 15 is 0 Å². The molecule has 0 bridgehead atoms. The summed E-state index contributed by atoms with van der Waals surface area (Å²) in [5.74, 6) is 3.27. The summed E-state index contributed by atoms with van der Waals surface area (Å²) >= 11 is 1.75. The molecule has 1 aliphatic rings. The molecular weight excluding hydrogens is 266 g/mol. The molecule has 0 spiro atoms. The molecule has 1 aliphatic heterocycles. The fourth-order valence-corrected chi connectivity index (χ4v) is 6.51. The number of nitrogens with zero attached hydrogens (tertiary/aromatic N) is 1. The van der Waals surface area contributed by atoms with Crippen LogP contribution in [0.4, 0.5) is 5.69 Å². The van der Waals surface area contributed by atoms with E-state index in [1.165, 1.54) is 10.6 Å². The van der Waals surface area contributed by atoms with Gasteiger partial charge < -0.3 is 0 Å². The molecule has 100 valence electrons. The minimum absolute atomic E-state index is 0.404. The second kappa shape index (κ2) is 5.56. The van der Waals surface area contributed by atoms with Gasteiger partial charge in [0.15, 0.2) is 0 Å². The first kappa shape index (κ1) is 14.4. The van der Waals surface area contributed by atoms with Crippen molar-refractivity contribution in [1.29, 1.82) is 0 Å². The lowest BCUT2D eigenvalue weighted by atomic mass is 9.93. The third-order valence-corrected chi connectivity index (χ3v) is 7.09. The highest BCUT2D eigenvalue weighted by atomic mass is 32.2. The molecule has 0 N–H and O–H groups in total. The molecule has 0 unspecified atom stereocenters. The van der Waals surface area contributed by atoms with Gasteiger partial charge in [0.25, 0.3) is 0 Å². The fourth-order valence-electron chi connectivity index (χ4n) is 3.01. The van der Waals surface area contributed by atoms with Crippen LogP contribution in [0.25, 0.3) is 0 Å². The molecule has 1 aromatic rings. The normalized spacial score (nSPS) is 22.4. The number of terminal acetylenes is 1. The molecule has 0 saturated carbocycles. The van der Waals surface area contributed by atoms with Crippen LogP contribution in [0, 0.1) is 18.3 Å². The molecule has 2 atom stereocenters. The van der Waals surface area contributed by atoms with Crippen molar-refractivity contribution in [1.82, 2.24) is 0 Å². The summed E-state index contributed by atoms with van der Waals surface area (Å²) in [7, 11) is -1.36. The Morgan fingerprint density at radius 2 is 2.00 bits per heavy atom. The molecule has 0 fully saturated rings. The lowest BCUT2D eigenvalue weighted by Gasteiger charge is -2.39. The number of aliphatic imine (C=N–C) groups is 1. The summed E-state index contributed by atoms with van der Waals surface area (Å²) in [5.41, 5.74) is 3.12. The monoisotopic (exact) mass is 287 g/mol. The minimum Gasteiger partial charge on any atom is -0.246 e. The molecule has 0 saturated heterocycles. The highest BCUT2D eigenvalue weighted by Gasteiger charge is 2.40. The van der Waals surface area contributed by atoms with Crippen molar-refractivity contribution >= 4 is 30.6 Å². The SMILES string of the molecule is C#CC[C@H]1C(SC)=Nc2ccccc2[C@@H]1[Si](C)(C)C. The minimum atomic E-state index is -1.36. The lowest BCUT2D eigenvalue weighted by molar-refractivity contribution is 0.664. The Labute approximate surface area is 121 Å². The molecule has 19 heavy (non-hydrogen) atoms. The molecule has 1 aromatic carbocycles. The van der Waals surface area contributed by atoms with Crippen LogP contribution < -0.4 is 0 Å². The predicted octanol–water partition coefficient (Wildman–Crippen LogP) is 4.69. The molecule has 0 aliphatic carbocycles. The van der Waals surface area contributed by atoms with E-state index in [1.54, 1.807) is 11.8 Å². The molecule has 3 heteroatoms. The quantitative estimate of drug-likeness (QED) is 0.567. The second-order valence-corrected chi connectivity index (χ2v) is 12.3. The van der Waals surface area contributed by atoms with Gasteiger partial charge in [-0.05, 0) is 23.4 Å². The van der Waals surface area contributed by atoms with Crippen LogP contribution >= 0.6 is 11.8 Å². The van der Waals surface area contributed by atoms with Gasteiger partial charge in [0.05, 0.1) is 18.8 Å². The van der Waals surface area contributed by atoms with Crippen LogP contribution in [0.3, 0.4) is 0 Å². The van der Waals surface area contributed by atoms with Crippen LogP contribution in [0.1, 0.15) is 17.5 Å². The topological polar surface area (TPSA) is 12.4 Å². The van der Waals surface area contributed by atoms with Crippen molar-refractivity contribution < 1.29 is 0 Å². The molecule has 1 nitrogen and oxygen atoms in total. The van der Waals surface area contributed by atoms with Crippen LogP contribution in [0.2, 0.25) is 19.6 Å². The number of rotatable bonds is 2. The van der Waals surface area contributed by atoms with E-state index in [-0.39, 0.29) is 0 Å². The van der Waals surface area contributed by atoms with E-state index in [4.69, 9.17) is 11.4 Å². The maximum Gasteiger partial charge on any atom is 0.0779 e. The number of benzene rings is 1. The number of para-hydroxylation sites is 1. The zero-order valence-corrected chi connectivity index (χ0v) is 13.9. The summed E-state index contributed by atoms with van der Waals surface area (Å²) in [4.78, 5) is 4.83. The molecule has 0 amide bonds. The first-order valence-corrected chi connectivity index (χ1v) is 11.4. The average molecular weight is 288 g/mol. The van der Waals surface area contributed by atoms with Crippen LogP contribution in [0.5, 0.6) is 0 Å². The van der Waals surface area contributed by atoms with Gasteiger partial charge in [0, 0.05) is 12.3 Å². The first-order chi connectivity index (χ1) is 8.99. The van der Waals surface area contributed by atoms with Crippen LogP contribution in [-0.2, 0) is 0 Å². The predicted molar refractivity (Wildman–Crippen MR) is 90.1 cm³/mol. The van der Waals surface area contributed by atoms with Crippen molar-refractivity contribution in [2.45, 2.75) is 31.6 Å². The Morgan fingerprint density at radius 3 is 2.58 bits per heavy atom. The molecular formula is C16H21NSSi. The van der Waals surface area contributed by atoms with Gasteiger partial charge in [0.1, 0.15) is 0 Å². The standard InChI is InChI=1S/C16H21NSSi/c1-6-9-13-15(19(3,4)5)12-10-7-8-11-14(12)17-16(13)18-2/h1,7-8,10-11,13,15H,9H2,2-5H3/t13-,15+/m1/s1. The summed E-state index contributed by atoms with van der Waals surface area (Å²) in [5, 5.41) is 1.21. The highest BCUT2D eigenvalue weighted by Crippen LogP contribution is 2.46. The Bertz CT molecular complexity index is 536. The number of thioether (sulfide) groups is 1. The van der Waals surface area contributed by atoms with Gasteiger partial charge in [-0.25, -0.2) is 4.99 Å². The summed E-state index contributed by atoms with van der Waals surface area (Å²) in [6, 6.07) is 8.56. The molecule has 1 heterocycles. The summed E-state index contributed by atoms with van der Waals surface area (Å²) in [6.45, 7) is 7.30. The number of fused-ring (bicyclic) bond motifs is 1. The summed E-state index contributed by atoms with van der Waals surface area (Å²) in [6.07, 6.45) is 8.51. The van der Waals surface area contributed by atoms with Crippen molar-refractivity contribution in [3.8, 4) is 12.3 Å². The van der Waals surface area contributed by atoms with Crippen molar-refractivity contribution in [2.24, 2.45) is 10.9 Å². The smallest absolute Gasteiger partial charge is 0.0779 e. The maximum atomic E-state index is 5.60. The largest absolute Gasteiger partial charge is 0.246 e. The van der Waals surface area contributed by atoms with Crippen LogP contribution in [-0.4, -0.2) is 19.4 Å². The van der Waals surface area contributed by atoms with E-state index in [0.29, 0.717) is 11.5 Å². The van der Waals surface area contributed by atoms with E-state index < -0.39 is 8.07 Å². The van der Waals surface area contributed by atoms with Gasteiger partial charge in [-0.15, -0.1) is 24.1 Å². The van der Waals surface area contributed by atoms with E-state index in [2.05, 4.69) is 56.1 Å². The van der Waals surface area contributed by atoms with Gasteiger partial charge in [0.2, 0.25) is 0 Å². The van der Waals surface area contributed by atoms with Crippen LogP contribution in [0.15, 0.2) is 29.3 Å². The van der Waals surface area contributed by atoms with Crippen molar-refractivity contribution in [3.63, 3.8) is 0 Å². The number of hydrogen-bond acceptors (Lipinski definition) is 2. The van der Waals surface area contributed by atoms with Crippen molar-refractivity contribution in [2.75, 3.05) is 6.26 Å². The Morgan fingerprint density at radius 1 is 1.32 bits per heavy atom. The fraction of sp³-hybridized carbons (Fsp3) is 0.438. The Hall–Kier alpha value is -0.983. The zero-order valence-electron chi connectivity index (χ0n) is 12.1. The first-order valence-electron chi connectivity index (χ1n) is 6.64. The van der Waals surface area contributed by atoms with Gasteiger partial charge >= 0.3 is 0 Å². The van der Waals surface area contributed by atoms with Gasteiger partial charge in [-0.1, -0.05) is 37.8 Å². The average Bonchev–Trinajstić information content (AvgIpc) is 2.36. The number of hydrogen-bond donors (Lipinski definition) is 0. The van der Waals surface area contributed by atoms with Gasteiger partial charge in [-0.2, -0.15) is 0 Å². The van der Waals surface area contributed by atoms with Gasteiger partial charge in [-0.3, -0.25) is 0 Å². The molecule has 0 radical (unpaired) electrons. The molecule has 0 aromatic heterocycles. The van der Waals surface area contributed by atoms with E-state index in [9.17, 15) is 0 Å². The third kappa shape index (κ3) is 2.80. The van der Waals surface area contributed by atoms with E-state index in [1.807, 2.05) is 0 Å². The Kier molecular flexibility index (Phi) is 4.22. The summed E-state index contributed by atoms with van der Waals surface area (Å²) < 4.78 is 0. The highest BCUT2D eigenvalue weighted by molar-refractivity contribution is 8.13. The van der Waals surface area contributed by atoms with Crippen molar-refractivity contribution in [3.05, 3.63) is 29.8 Å². The third-order valence-electron chi connectivity index (χ3n) is 3.70. The lowest BCUT2D eigenvalue weighted by Crippen LogP contribution is -2.40. The van der Waals surface area contributed by atoms with E-state index in [0.717, 1.165) is 12.1 Å². The zero-order chi connectivity index (χ0) is 14.0. The molecule has 2 rings (SSSR count). The maximum absolute atomic E-state index is 5.60.